The fourth-order valence-electron chi connectivity index (χ4n) is 3.02. The number of likely N-dealkylation sites (tertiary alicyclic amines) is 1. The summed E-state index contributed by atoms with van der Waals surface area (Å²) in [7, 11) is 0. The molecule has 0 unspecified atom stereocenters. The van der Waals surface area contributed by atoms with Crippen LogP contribution < -0.4 is 10.1 Å². The zero-order valence-corrected chi connectivity index (χ0v) is 14.5. The van der Waals surface area contributed by atoms with E-state index in [0.717, 1.165) is 62.7 Å². The number of piperidine rings is 1. The second-order valence-corrected chi connectivity index (χ2v) is 6.35. The van der Waals surface area contributed by atoms with E-state index in [1.165, 1.54) is 0 Å². The average Bonchev–Trinajstić information content (AvgIpc) is 2.58. The summed E-state index contributed by atoms with van der Waals surface area (Å²) in [6.07, 6.45) is 3.62. The van der Waals surface area contributed by atoms with Gasteiger partial charge in [0.15, 0.2) is 0 Å². The lowest BCUT2D eigenvalue weighted by molar-refractivity contribution is -0.132. The highest BCUT2D eigenvalue weighted by atomic mass is 16.5. The number of hydrogen-bond donors (Lipinski definition) is 1. The van der Waals surface area contributed by atoms with Crippen LogP contribution in [0.2, 0.25) is 0 Å². The van der Waals surface area contributed by atoms with Crippen molar-refractivity contribution in [2.24, 2.45) is 5.92 Å². The van der Waals surface area contributed by atoms with E-state index in [-0.39, 0.29) is 5.91 Å². The van der Waals surface area contributed by atoms with Gasteiger partial charge in [0.05, 0.1) is 6.61 Å². The number of para-hydroxylation sites is 1. The molecule has 23 heavy (non-hydrogen) atoms. The average molecular weight is 318 g/mol. The molecule has 1 fully saturated rings. The van der Waals surface area contributed by atoms with E-state index < -0.39 is 0 Å². The highest BCUT2D eigenvalue weighted by molar-refractivity contribution is 5.76. The first-order valence-corrected chi connectivity index (χ1v) is 8.87. The van der Waals surface area contributed by atoms with E-state index in [2.05, 4.69) is 12.2 Å². The summed E-state index contributed by atoms with van der Waals surface area (Å²) in [5.41, 5.74) is 1.14. The molecule has 2 rings (SSSR count). The standard InChI is InChI=1S/C19H30N2O2/c1-3-20-15-17-10-12-21(13-11-17)19(22)9-6-14-23-18-8-5-4-7-16(18)2/h4-5,7-8,17,20H,3,6,9-15H2,1-2H3. The van der Waals surface area contributed by atoms with E-state index in [0.29, 0.717) is 13.0 Å². The highest BCUT2D eigenvalue weighted by Crippen LogP contribution is 2.18. The fraction of sp³-hybridized carbons (Fsp3) is 0.632. The molecule has 4 heteroatoms. The van der Waals surface area contributed by atoms with Gasteiger partial charge in [0.1, 0.15) is 5.75 Å². The Labute approximate surface area is 140 Å². The molecule has 1 saturated heterocycles. The molecule has 1 aromatic carbocycles. The Morgan fingerprint density at radius 1 is 1.30 bits per heavy atom. The molecule has 1 aliphatic rings. The minimum absolute atomic E-state index is 0.278. The summed E-state index contributed by atoms with van der Waals surface area (Å²) in [4.78, 5) is 14.3. The lowest BCUT2D eigenvalue weighted by atomic mass is 9.96. The number of nitrogens with one attached hydrogen (secondary N) is 1. The molecule has 0 atom stereocenters. The molecule has 1 amide bonds. The summed E-state index contributed by atoms with van der Waals surface area (Å²) < 4.78 is 5.76. The van der Waals surface area contributed by atoms with Crippen molar-refractivity contribution in [3.05, 3.63) is 29.8 Å². The lowest BCUT2D eigenvalue weighted by Crippen LogP contribution is -2.40. The number of nitrogens with zero attached hydrogens (tertiary/aromatic N) is 1. The third-order valence-electron chi connectivity index (χ3n) is 4.54. The van der Waals surface area contributed by atoms with Gasteiger partial charge in [-0.05, 0) is 56.8 Å². The third kappa shape index (κ3) is 5.87. The van der Waals surface area contributed by atoms with Crippen LogP contribution >= 0.6 is 0 Å². The Morgan fingerprint density at radius 2 is 2.04 bits per heavy atom. The van der Waals surface area contributed by atoms with Crippen LogP contribution in [0.15, 0.2) is 24.3 Å². The fourth-order valence-corrected chi connectivity index (χ4v) is 3.02. The molecule has 1 aromatic rings. The number of rotatable bonds is 8. The smallest absolute Gasteiger partial charge is 0.222 e. The maximum atomic E-state index is 12.3. The van der Waals surface area contributed by atoms with Gasteiger partial charge in [-0.1, -0.05) is 25.1 Å². The van der Waals surface area contributed by atoms with E-state index in [1.807, 2.05) is 36.1 Å². The maximum absolute atomic E-state index is 12.3. The van der Waals surface area contributed by atoms with E-state index in [4.69, 9.17) is 4.74 Å². The number of aryl methyl sites for hydroxylation is 1. The molecule has 1 heterocycles. The molecular formula is C19H30N2O2. The normalized spacial score (nSPS) is 15.7. The molecule has 0 saturated carbocycles. The Kier molecular flexibility index (Phi) is 7.40. The minimum Gasteiger partial charge on any atom is -0.493 e. The molecule has 128 valence electrons. The molecular weight excluding hydrogens is 288 g/mol. The number of benzene rings is 1. The van der Waals surface area contributed by atoms with E-state index >= 15 is 0 Å². The van der Waals surface area contributed by atoms with E-state index in [1.54, 1.807) is 0 Å². The Morgan fingerprint density at radius 3 is 2.74 bits per heavy atom. The number of hydrogen-bond acceptors (Lipinski definition) is 3. The molecule has 0 aliphatic carbocycles. The van der Waals surface area contributed by atoms with Crippen LogP contribution in [-0.2, 0) is 4.79 Å². The summed E-state index contributed by atoms with van der Waals surface area (Å²) in [6.45, 7) is 8.72. The van der Waals surface area contributed by atoms with Crippen molar-refractivity contribution in [3.63, 3.8) is 0 Å². The van der Waals surface area contributed by atoms with Gasteiger partial charge in [-0.2, -0.15) is 0 Å². The topological polar surface area (TPSA) is 41.6 Å². The molecule has 1 N–H and O–H groups in total. The summed E-state index contributed by atoms with van der Waals surface area (Å²) in [5, 5.41) is 3.40. The second kappa shape index (κ2) is 9.56. The van der Waals surface area contributed by atoms with Gasteiger partial charge in [0, 0.05) is 19.5 Å². The Hall–Kier alpha value is -1.55. The van der Waals surface area contributed by atoms with Crippen LogP contribution in [0.3, 0.4) is 0 Å². The van der Waals surface area contributed by atoms with Crippen LogP contribution in [0, 0.1) is 12.8 Å². The molecule has 4 nitrogen and oxygen atoms in total. The first kappa shape index (κ1) is 17.8. The van der Waals surface area contributed by atoms with Gasteiger partial charge in [-0.15, -0.1) is 0 Å². The van der Waals surface area contributed by atoms with Crippen LogP contribution in [0.4, 0.5) is 0 Å². The van der Waals surface area contributed by atoms with Crippen molar-refractivity contribution >= 4 is 5.91 Å². The van der Waals surface area contributed by atoms with Gasteiger partial charge < -0.3 is 15.0 Å². The highest BCUT2D eigenvalue weighted by Gasteiger charge is 2.21. The summed E-state index contributed by atoms with van der Waals surface area (Å²) in [6, 6.07) is 8.00. The van der Waals surface area contributed by atoms with Gasteiger partial charge in [0.2, 0.25) is 5.91 Å². The zero-order valence-electron chi connectivity index (χ0n) is 14.5. The van der Waals surface area contributed by atoms with Crippen LogP contribution in [0.1, 0.15) is 38.2 Å². The maximum Gasteiger partial charge on any atom is 0.222 e. The quantitative estimate of drug-likeness (QED) is 0.749. The number of carbonyl (C=O) groups excluding carboxylic acids is 1. The van der Waals surface area contributed by atoms with Crippen LogP contribution in [0.5, 0.6) is 5.75 Å². The molecule has 1 aliphatic heterocycles. The number of ether oxygens (including phenoxy) is 1. The van der Waals surface area contributed by atoms with Crippen molar-refractivity contribution in [1.82, 2.24) is 10.2 Å². The van der Waals surface area contributed by atoms with Crippen molar-refractivity contribution in [2.45, 2.75) is 39.5 Å². The van der Waals surface area contributed by atoms with Crippen LogP contribution in [0.25, 0.3) is 0 Å². The minimum atomic E-state index is 0.278. The Balaban J connectivity index is 1.61. The summed E-state index contributed by atoms with van der Waals surface area (Å²) >= 11 is 0. The lowest BCUT2D eigenvalue weighted by Gasteiger charge is -2.32. The van der Waals surface area contributed by atoms with Crippen molar-refractivity contribution in [2.75, 3.05) is 32.8 Å². The number of amides is 1. The summed E-state index contributed by atoms with van der Waals surface area (Å²) in [5.74, 6) is 1.92. The van der Waals surface area contributed by atoms with Crippen LogP contribution in [-0.4, -0.2) is 43.6 Å². The zero-order chi connectivity index (χ0) is 16.5. The van der Waals surface area contributed by atoms with E-state index in [9.17, 15) is 4.79 Å². The first-order valence-electron chi connectivity index (χ1n) is 8.87. The Bertz CT molecular complexity index is 482. The van der Waals surface area contributed by atoms with Crippen molar-refractivity contribution in [1.29, 1.82) is 0 Å². The molecule has 0 radical (unpaired) electrons. The SMILES string of the molecule is CCNCC1CCN(C(=O)CCCOc2ccccc2C)CC1. The molecule has 0 bridgehead atoms. The molecule has 0 aromatic heterocycles. The molecule has 0 spiro atoms. The largest absolute Gasteiger partial charge is 0.493 e. The predicted molar refractivity (Wildman–Crippen MR) is 93.8 cm³/mol. The third-order valence-corrected chi connectivity index (χ3v) is 4.54. The predicted octanol–water partition coefficient (Wildman–Crippen LogP) is 3.00. The van der Waals surface area contributed by atoms with Gasteiger partial charge >= 0.3 is 0 Å². The number of carbonyl (C=O) groups is 1. The van der Waals surface area contributed by atoms with Crippen molar-refractivity contribution in [3.8, 4) is 5.75 Å². The van der Waals surface area contributed by atoms with Gasteiger partial charge in [-0.3, -0.25) is 4.79 Å². The van der Waals surface area contributed by atoms with Gasteiger partial charge in [-0.25, -0.2) is 0 Å². The second-order valence-electron chi connectivity index (χ2n) is 6.35. The van der Waals surface area contributed by atoms with Gasteiger partial charge in [0.25, 0.3) is 0 Å². The monoisotopic (exact) mass is 318 g/mol. The first-order chi connectivity index (χ1) is 11.2. The van der Waals surface area contributed by atoms with Crippen molar-refractivity contribution < 1.29 is 9.53 Å².